The summed E-state index contributed by atoms with van der Waals surface area (Å²) in [5.41, 5.74) is 2.88. The monoisotopic (exact) mass is 550 g/mol. The van der Waals surface area contributed by atoms with Crippen molar-refractivity contribution in [1.29, 1.82) is 0 Å². The molecule has 3 amide bonds. The number of aryl methyl sites for hydroxylation is 1. The van der Waals surface area contributed by atoms with E-state index in [4.69, 9.17) is 0 Å². The van der Waals surface area contributed by atoms with Crippen LogP contribution in [-0.4, -0.2) is 28.0 Å². The lowest BCUT2D eigenvalue weighted by atomic mass is 10.1. The summed E-state index contributed by atoms with van der Waals surface area (Å²) in [6.07, 6.45) is 3.90. The number of nitrogens with one attached hydrogen (secondary N) is 3. The van der Waals surface area contributed by atoms with Gasteiger partial charge in [0.25, 0.3) is 11.8 Å². The Kier molecular flexibility index (Phi) is 9.85. The summed E-state index contributed by atoms with van der Waals surface area (Å²) in [6.45, 7) is 3.88. The van der Waals surface area contributed by atoms with Crippen molar-refractivity contribution in [2.24, 2.45) is 0 Å². The van der Waals surface area contributed by atoms with Gasteiger partial charge in [-0.3, -0.25) is 14.4 Å². The Morgan fingerprint density at radius 2 is 1.62 bits per heavy atom. The first-order valence-corrected chi connectivity index (χ1v) is 13.7. The van der Waals surface area contributed by atoms with E-state index >= 15 is 0 Å². The van der Waals surface area contributed by atoms with E-state index < -0.39 is 5.91 Å². The second-order valence-electron chi connectivity index (χ2n) is 8.94. The molecule has 40 heavy (non-hydrogen) atoms. The van der Waals surface area contributed by atoms with Gasteiger partial charge in [0, 0.05) is 22.3 Å². The van der Waals surface area contributed by atoms with Crippen molar-refractivity contribution in [3.05, 3.63) is 126 Å². The minimum atomic E-state index is -0.463. The normalized spacial score (nSPS) is 11.8. The van der Waals surface area contributed by atoms with Gasteiger partial charge < -0.3 is 16.0 Å². The number of benzene rings is 3. The Morgan fingerprint density at radius 1 is 0.875 bits per heavy atom. The average molecular weight is 551 g/mol. The molecular formula is C32H30N4O3S. The molecule has 4 aromatic rings. The lowest BCUT2D eigenvalue weighted by Gasteiger charge is -2.16. The van der Waals surface area contributed by atoms with Crippen LogP contribution in [0.5, 0.6) is 0 Å². The van der Waals surface area contributed by atoms with Crippen LogP contribution in [0.1, 0.15) is 34.8 Å². The lowest BCUT2D eigenvalue weighted by Crippen LogP contribution is -2.30. The molecule has 0 saturated heterocycles. The zero-order valence-electron chi connectivity index (χ0n) is 22.3. The molecule has 3 aromatic carbocycles. The number of thioether (sulfide) groups is 1. The highest BCUT2D eigenvalue weighted by Gasteiger charge is 2.20. The molecule has 1 atom stereocenters. The topological polar surface area (TPSA) is 100 Å². The first-order chi connectivity index (χ1) is 19.4. The van der Waals surface area contributed by atoms with Gasteiger partial charge in [0.1, 0.15) is 11.5 Å². The van der Waals surface area contributed by atoms with Gasteiger partial charge in [-0.15, -0.1) is 11.8 Å². The fourth-order valence-corrected chi connectivity index (χ4v) is 4.84. The van der Waals surface area contributed by atoms with Crippen molar-refractivity contribution in [3.8, 4) is 0 Å². The number of pyridine rings is 1. The highest BCUT2D eigenvalue weighted by molar-refractivity contribution is 8.00. The van der Waals surface area contributed by atoms with Crippen LogP contribution in [0.4, 0.5) is 11.5 Å². The lowest BCUT2D eigenvalue weighted by molar-refractivity contribution is -0.116. The fraction of sp³-hybridized carbons (Fsp3) is 0.125. The Morgan fingerprint density at radius 3 is 2.35 bits per heavy atom. The van der Waals surface area contributed by atoms with Crippen LogP contribution in [0.2, 0.25) is 0 Å². The van der Waals surface area contributed by atoms with Crippen LogP contribution in [-0.2, 0) is 9.59 Å². The van der Waals surface area contributed by atoms with Crippen molar-refractivity contribution >= 4 is 47.1 Å². The first kappa shape index (κ1) is 28.3. The van der Waals surface area contributed by atoms with Crippen LogP contribution in [0.15, 0.2) is 114 Å². The van der Waals surface area contributed by atoms with Crippen LogP contribution in [0.3, 0.4) is 0 Å². The summed E-state index contributed by atoms with van der Waals surface area (Å²) < 4.78 is 0. The second-order valence-corrected chi connectivity index (χ2v) is 10.2. The van der Waals surface area contributed by atoms with Crippen molar-refractivity contribution in [1.82, 2.24) is 10.3 Å². The molecule has 3 N–H and O–H groups in total. The molecule has 0 aliphatic rings. The molecule has 1 aromatic heterocycles. The zero-order chi connectivity index (χ0) is 28.3. The van der Waals surface area contributed by atoms with E-state index in [0.717, 1.165) is 16.0 Å². The standard InChI is InChI=1S/C32H30N4O3S/c1-3-28(32(39)36-29-18-9-10-19-33-29)40-26-17-11-16-25(21-26)34-31(38)27(20-24-15-8-7-12-22(24)2)35-30(37)23-13-5-4-6-14-23/h4-21,28H,3H2,1-2H3,(H,34,38)(H,35,37)(H,33,36,39)/b27-20-. The van der Waals surface area contributed by atoms with Gasteiger partial charge in [-0.2, -0.15) is 0 Å². The van der Waals surface area contributed by atoms with Crippen molar-refractivity contribution < 1.29 is 14.4 Å². The summed E-state index contributed by atoms with van der Waals surface area (Å²) in [7, 11) is 0. The molecule has 1 heterocycles. The molecule has 0 bridgehead atoms. The number of nitrogens with zero attached hydrogens (tertiary/aromatic N) is 1. The quantitative estimate of drug-likeness (QED) is 0.159. The van der Waals surface area contributed by atoms with Crippen molar-refractivity contribution in [2.75, 3.05) is 10.6 Å². The van der Waals surface area contributed by atoms with E-state index in [1.165, 1.54) is 11.8 Å². The second kappa shape index (κ2) is 13.9. The molecule has 1 unspecified atom stereocenters. The van der Waals surface area contributed by atoms with Gasteiger partial charge in [0.05, 0.1) is 5.25 Å². The van der Waals surface area contributed by atoms with E-state index in [1.807, 2.05) is 68.4 Å². The SMILES string of the molecule is CCC(Sc1cccc(NC(=O)/C(=C/c2ccccc2C)NC(=O)c2ccccc2)c1)C(=O)Nc1ccccn1. The average Bonchev–Trinajstić information content (AvgIpc) is 2.97. The number of carbonyl (C=O) groups excluding carboxylic acids is 3. The molecular weight excluding hydrogens is 520 g/mol. The smallest absolute Gasteiger partial charge is 0.272 e. The van der Waals surface area contributed by atoms with Crippen LogP contribution < -0.4 is 16.0 Å². The molecule has 0 saturated carbocycles. The fourth-order valence-electron chi connectivity index (χ4n) is 3.82. The Hall–Kier alpha value is -4.69. The van der Waals surface area contributed by atoms with Gasteiger partial charge in [-0.05, 0) is 73.0 Å². The van der Waals surface area contributed by atoms with E-state index in [-0.39, 0.29) is 22.8 Å². The Balaban J connectivity index is 1.51. The Labute approximate surface area is 238 Å². The number of carbonyl (C=O) groups is 3. The molecule has 8 heteroatoms. The number of rotatable bonds is 10. The largest absolute Gasteiger partial charge is 0.321 e. The van der Waals surface area contributed by atoms with Gasteiger partial charge in [-0.25, -0.2) is 4.98 Å². The van der Waals surface area contributed by atoms with Gasteiger partial charge in [0.2, 0.25) is 5.91 Å². The predicted octanol–water partition coefficient (Wildman–Crippen LogP) is 6.31. The minimum absolute atomic E-state index is 0.113. The maximum atomic E-state index is 13.4. The summed E-state index contributed by atoms with van der Waals surface area (Å²) in [5, 5.41) is 8.16. The molecule has 0 aliphatic heterocycles. The van der Waals surface area contributed by atoms with Crippen molar-refractivity contribution in [2.45, 2.75) is 30.4 Å². The molecule has 202 valence electrons. The van der Waals surface area contributed by atoms with Gasteiger partial charge in [0.15, 0.2) is 0 Å². The third-order valence-corrected chi connectivity index (χ3v) is 7.32. The van der Waals surface area contributed by atoms with E-state index in [0.29, 0.717) is 23.5 Å². The van der Waals surface area contributed by atoms with Crippen LogP contribution in [0.25, 0.3) is 6.08 Å². The van der Waals surface area contributed by atoms with Crippen molar-refractivity contribution in [3.63, 3.8) is 0 Å². The van der Waals surface area contributed by atoms with E-state index in [2.05, 4.69) is 20.9 Å². The highest BCUT2D eigenvalue weighted by atomic mass is 32.2. The van der Waals surface area contributed by atoms with Gasteiger partial charge in [-0.1, -0.05) is 61.5 Å². The zero-order valence-corrected chi connectivity index (χ0v) is 23.1. The van der Waals surface area contributed by atoms with Crippen LogP contribution >= 0.6 is 11.8 Å². The minimum Gasteiger partial charge on any atom is -0.321 e. The summed E-state index contributed by atoms with van der Waals surface area (Å²) in [4.78, 5) is 44.1. The molecule has 0 radical (unpaired) electrons. The summed E-state index contributed by atoms with van der Waals surface area (Å²) in [6, 6.07) is 29.0. The maximum Gasteiger partial charge on any atom is 0.272 e. The van der Waals surface area contributed by atoms with E-state index in [1.54, 1.807) is 54.7 Å². The molecule has 0 fully saturated rings. The molecule has 0 aliphatic carbocycles. The number of anilines is 2. The van der Waals surface area contributed by atoms with E-state index in [9.17, 15) is 14.4 Å². The number of hydrogen-bond donors (Lipinski definition) is 3. The number of aromatic nitrogens is 1. The van der Waals surface area contributed by atoms with Crippen LogP contribution in [0, 0.1) is 6.92 Å². The summed E-state index contributed by atoms with van der Waals surface area (Å²) in [5.74, 6) is -0.495. The Bertz CT molecular complexity index is 1510. The maximum absolute atomic E-state index is 13.4. The molecule has 4 rings (SSSR count). The number of hydrogen-bond acceptors (Lipinski definition) is 5. The third kappa shape index (κ3) is 7.91. The molecule has 7 nitrogen and oxygen atoms in total. The summed E-state index contributed by atoms with van der Waals surface area (Å²) >= 11 is 1.40. The number of amides is 3. The van der Waals surface area contributed by atoms with Gasteiger partial charge >= 0.3 is 0 Å². The first-order valence-electron chi connectivity index (χ1n) is 12.9. The molecule has 0 spiro atoms. The predicted molar refractivity (Wildman–Crippen MR) is 161 cm³/mol. The highest BCUT2D eigenvalue weighted by Crippen LogP contribution is 2.28. The third-order valence-electron chi connectivity index (χ3n) is 5.97.